The van der Waals surface area contributed by atoms with Crippen molar-refractivity contribution in [2.45, 2.75) is 19.3 Å². The number of fused-ring (bicyclic) bond motifs is 1. The van der Waals surface area contributed by atoms with Gasteiger partial charge < -0.3 is 5.32 Å². The maximum Gasteiger partial charge on any atom is 0.260 e. The Balaban J connectivity index is 1.61. The first kappa shape index (κ1) is 15.6. The van der Waals surface area contributed by atoms with Crippen molar-refractivity contribution in [3.8, 4) is 11.1 Å². The van der Waals surface area contributed by atoms with Crippen LogP contribution in [0.2, 0.25) is 0 Å². The van der Waals surface area contributed by atoms with E-state index in [-0.39, 0.29) is 12.2 Å². The van der Waals surface area contributed by atoms with Crippen molar-refractivity contribution in [1.29, 1.82) is 0 Å². The Hall–Kier alpha value is -2.89. The molecule has 1 saturated carbocycles. The minimum Gasteiger partial charge on any atom is -0.310 e. The molecule has 1 aromatic carbocycles. The zero-order chi connectivity index (χ0) is 17.6. The van der Waals surface area contributed by atoms with Gasteiger partial charge >= 0.3 is 0 Å². The fraction of sp³-hybridized carbons (Fsp3) is 0.211. The Morgan fingerprint density at radius 3 is 2.72 bits per heavy atom. The van der Waals surface area contributed by atoms with Crippen molar-refractivity contribution < 1.29 is 13.6 Å². The van der Waals surface area contributed by atoms with Crippen LogP contribution in [0.25, 0.3) is 21.9 Å². The smallest absolute Gasteiger partial charge is 0.260 e. The molecule has 0 spiro atoms. The highest BCUT2D eigenvalue weighted by atomic mass is 19.3. The molecule has 25 heavy (non-hydrogen) atoms. The summed E-state index contributed by atoms with van der Waals surface area (Å²) in [5, 5.41) is 4.24. The van der Waals surface area contributed by atoms with Crippen LogP contribution in [-0.2, 0) is 4.79 Å². The normalized spacial score (nSPS) is 18.1. The van der Waals surface area contributed by atoms with E-state index < -0.39 is 17.7 Å². The fourth-order valence-corrected chi connectivity index (χ4v) is 2.85. The molecular formula is C19H15F2N3O. The number of carbonyl (C=O) groups is 1. The molecule has 1 N–H and O–H groups in total. The van der Waals surface area contributed by atoms with Gasteiger partial charge in [0.25, 0.3) is 5.92 Å². The van der Waals surface area contributed by atoms with Gasteiger partial charge in [0.1, 0.15) is 11.7 Å². The third-order valence-corrected chi connectivity index (χ3v) is 4.47. The van der Waals surface area contributed by atoms with Crippen LogP contribution in [0, 0.1) is 12.8 Å². The summed E-state index contributed by atoms with van der Waals surface area (Å²) < 4.78 is 25.9. The molecule has 4 rings (SSSR count). The molecule has 0 aliphatic heterocycles. The average Bonchev–Trinajstić information content (AvgIpc) is 3.24. The third-order valence-electron chi connectivity index (χ3n) is 4.47. The fourth-order valence-electron chi connectivity index (χ4n) is 2.85. The highest BCUT2D eigenvalue weighted by molar-refractivity contribution is 5.96. The molecule has 3 aromatic rings. The van der Waals surface area contributed by atoms with E-state index in [4.69, 9.17) is 0 Å². The van der Waals surface area contributed by atoms with Crippen LogP contribution >= 0.6 is 0 Å². The molecule has 1 aliphatic rings. The molecule has 1 amide bonds. The van der Waals surface area contributed by atoms with E-state index in [1.54, 1.807) is 18.5 Å². The summed E-state index contributed by atoms with van der Waals surface area (Å²) in [5.74, 6) is -4.51. The van der Waals surface area contributed by atoms with Crippen molar-refractivity contribution in [2.24, 2.45) is 5.92 Å². The van der Waals surface area contributed by atoms with E-state index in [0.29, 0.717) is 0 Å². The first-order valence-electron chi connectivity index (χ1n) is 7.93. The highest BCUT2D eigenvalue weighted by Crippen LogP contribution is 2.49. The van der Waals surface area contributed by atoms with Crippen molar-refractivity contribution in [2.75, 3.05) is 5.32 Å². The molecule has 2 aromatic heterocycles. The number of rotatable bonds is 3. The average molecular weight is 339 g/mol. The van der Waals surface area contributed by atoms with E-state index in [2.05, 4.69) is 15.3 Å². The van der Waals surface area contributed by atoms with Gasteiger partial charge in [-0.05, 0) is 41.6 Å². The van der Waals surface area contributed by atoms with Crippen molar-refractivity contribution >= 4 is 22.5 Å². The standard InChI is InChI=1S/C19H15F2N3O/c1-11-4-5-22-10-15(11)13-3-2-12-7-17(23-9-14(12)6-13)24-18(25)16-8-19(16,20)21/h2-7,9-10,16H,8H2,1H3,(H,23,24,25)/t16-/m0/s1. The lowest BCUT2D eigenvalue weighted by Gasteiger charge is -2.08. The van der Waals surface area contributed by atoms with Crippen LogP contribution in [0.5, 0.6) is 0 Å². The molecule has 1 fully saturated rings. The summed E-state index contributed by atoms with van der Waals surface area (Å²) >= 11 is 0. The van der Waals surface area contributed by atoms with Gasteiger partial charge in [-0.1, -0.05) is 12.1 Å². The summed E-state index contributed by atoms with van der Waals surface area (Å²) in [6, 6.07) is 9.51. The van der Waals surface area contributed by atoms with E-state index in [0.717, 1.165) is 27.5 Å². The molecule has 0 radical (unpaired) electrons. The SMILES string of the molecule is Cc1ccncc1-c1ccc2cc(NC(=O)[C@@H]3CC3(F)F)ncc2c1. The Bertz CT molecular complexity index is 987. The zero-order valence-electron chi connectivity index (χ0n) is 13.5. The summed E-state index contributed by atoms with van der Waals surface area (Å²) in [5.41, 5.74) is 3.18. The molecule has 0 bridgehead atoms. The van der Waals surface area contributed by atoms with Crippen molar-refractivity contribution in [1.82, 2.24) is 9.97 Å². The number of benzene rings is 1. The number of amides is 1. The number of hydrogen-bond donors (Lipinski definition) is 1. The number of anilines is 1. The number of nitrogens with zero attached hydrogens (tertiary/aromatic N) is 2. The maximum absolute atomic E-state index is 13.0. The predicted octanol–water partition coefficient (Wildman–Crippen LogP) is 4.20. The van der Waals surface area contributed by atoms with Gasteiger partial charge in [-0.3, -0.25) is 9.78 Å². The Morgan fingerprint density at radius 1 is 1.20 bits per heavy atom. The monoisotopic (exact) mass is 339 g/mol. The zero-order valence-corrected chi connectivity index (χ0v) is 13.5. The molecule has 0 unspecified atom stereocenters. The number of alkyl halides is 2. The lowest BCUT2D eigenvalue weighted by atomic mass is 10.0. The van der Waals surface area contributed by atoms with Gasteiger partial charge in [0.05, 0.1) is 0 Å². The Morgan fingerprint density at radius 2 is 2.00 bits per heavy atom. The number of halogens is 2. The van der Waals surface area contributed by atoms with Gasteiger partial charge in [0, 0.05) is 36.0 Å². The van der Waals surface area contributed by atoms with E-state index in [1.807, 2.05) is 37.4 Å². The molecular weight excluding hydrogens is 324 g/mol. The second-order valence-electron chi connectivity index (χ2n) is 6.33. The summed E-state index contributed by atoms with van der Waals surface area (Å²) in [4.78, 5) is 20.1. The van der Waals surface area contributed by atoms with Gasteiger partial charge in [-0.2, -0.15) is 0 Å². The number of carbonyl (C=O) groups excluding carboxylic acids is 1. The second kappa shape index (κ2) is 5.58. The molecule has 126 valence electrons. The molecule has 2 heterocycles. The summed E-state index contributed by atoms with van der Waals surface area (Å²) in [6.45, 7) is 2.02. The van der Waals surface area contributed by atoms with Crippen LogP contribution < -0.4 is 5.32 Å². The first-order chi connectivity index (χ1) is 11.9. The van der Waals surface area contributed by atoms with Gasteiger partial charge in [-0.15, -0.1) is 0 Å². The van der Waals surface area contributed by atoms with Gasteiger partial charge in [0.2, 0.25) is 5.91 Å². The van der Waals surface area contributed by atoms with Crippen LogP contribution in [0.1, 0.15) is 12.0 Å². The van der Waals surface area contributed by atoms with Crippen molar-refractivity contribution in [3.05, 3.63) is 54.5 Å². The Labute approximate surface area is 142 Å². The lowest BCUT2D eigenvalue weighted by Crippen LogP contribution is -2.18. The molecule has 1 aliphatic carbocycles. The maximum atomic E-state index is 13.0. The summed E-state index contributed by atoms with van der Waals surface area (Å²) in [6.07, 6.45) is 4.81. The number of pyridine rings is 2. The Kier molecular flexibility index (Phi) is 3.49. The number of aromatic nitrogens is 2. The number of hydrogen-bond acceptors (Lipinski definition) is 3. The molecule has 1 atom stereocenters. The minimum atomic E-state index is -2.88. The van der Waals surface area contributed by atoms with E-state index >= 15 is 0 Å². The van der Waals surface area contributed by atoms with Crippen molar-refractivity contribution in [3.63, 3.8) is 0 Å². The van der Waals surface area contributed by atoms with E-state index in [1.165, 1.54) is 0 Å². The van der Waals surface area contributed by atoms with Gasteiger partial charge in [0.15, 0.2) is 0 Å². The first-order valence-corrected chi connectivity index (χ1v) is 7.93. The predicted molar refractivity (Wildman–Crippen MR) is 91.4 cm³/mol. The molecule has 6 heteroatoms. The highest BCUT2D eigenvalue weighted by Gasteiger charge is 2.61. The lowest BCUT2D eigenvalue weighted by molar-refractivity contribution is -0.119. The topological polar surface area (TPSA) is 54.9 Å². The minimum absolute atomic E-state index is 0.283. The second-order valence-corrected chi connectivity index (χ2v) is 6.33. The quantitative estimate of drug-likeness (QED) is 0.778. The largest absolute Gasteiger partial charge is 0.310 e. The van der Waals surface area contributed by atoms with Crippen LogP contribution in [0.4, 0.5) is 14.6 Å². The van der Waals surface area contributed by atoms with Crippen LogP contribution in [-0.4, -0.2) is 21.8 Å². The third kappa shape index (κ3) is 2.95. The summed E-state index contributed by atoms with van der Waals surface area (Å²) in [7, 11) is 0. The van der Waals surface area contributed by atoms with Gasteiger partial charge in [-0.25, -0.2) is 13.8 Å². The van der Waals surface area contributed by atoms with Crippen LogP contribution in [0.15, 0.2) is 48.9 Å². The number of aryl methyl sites for hydroxylation is 1. The molecule has 4 nitrogen and oxygen atoms in total. The molecule has 0 saturated heterocycles. The number of nitrogens with one attached hydrogen (secondary N) is 1. The van der Waals surface area contributed by atoms with E-state index in [9.17, 15) is 13.6 Å². The van der Waals surface area contributed by atoms with Crippen LogP contribution in [0.3, 0.4) is 0 Å².